The fourth-order valence-corrected chi connectivity index (χ4v) is 10.8. The van der Waals surface area contributed by atoms with Gasteiger partial charge in [0.1, 0.15) is 21.3 Å². The number of allylic oxidation sites excluding steroid dienone is 1. The predicted molar refractivity (Wildman–Crippen MR) is 200 cm³/mol. The summed E-state index contributed by atoms with van der Waals surface area (Å²) < 4.78 is 40.1. The van der Waals surface area contributed by atoms with Gasteiger partial charge in [-0.05, 0) is 97.7 Å². The number of rotatable bonds is 2. The van der Waals surface area contributed by atoms with Crippen molar-refractivity contribution in [1.82, 2.24) is 9.62 Å². The molecule has 2 aromatic rings. The molecule has 4 aliphatic heterocycles. The Hall–Kier alpha value is -3.12. The van der Waals surface area contributed by atoms with E-state index in [1.54, 1.807) is 18.1 Å². The molecule has 3 amide bonds. The van der Waals surface area contributed by atoms with Crippen LogP contribution in [-0.2, 0) is 31.2 Å². The quantitative estimate of drug-likeness (QED) is 0.338. The van der Waals surface area contributed by atoms with Crippen LogP contribution in [0, 0.1) is 17.8 Å². The summed E-state index contributed by atoms with van der Waals surface area (Å²) in [6.07, 6.45) is 9.44. The number of anilines is 1. The van der Waals surface area contributed by atoms with E-state index in [0.717, 1.165) is 42.8 Å². The maximum Gasteiger partial charge on any atom is 0.330 e. The molecule has 4 heterocycles. The average molecular weight is 739 g/mol. The first-order chi connectivity index (χ1) is 24.4. The molecule has 5 aliphatic rings. The van der Waals surface area contributed by atoms with Crippen molar-refractivity contribution in [1.29, 1.82) is 0 Å². The van der Waals surface area contributed by atoms with Gasteiger partial charge in [-0.2, -0.15) is 0 Å². The Bertz CT molecular complexity index is 1810. The smallest absolute Gasteiger partial charge is 0.330 e. The molecule has 2 fully saturated rings. The number of carbonyl (C=O) groups excluding carboxylic acids is 2. The average Bonchev–Trinajstić information content (AvgIpc) is 3.53. The molecule has 12 heteroatoms. The van der Waals surface area contributed by atoms with Crippen LogP contribution in [0.15, 0.2) is 52.9 Å². The minimum atomic E-state index is -3.49. The summed E-state index contributed by atoms with van der Waals surface area (Å²) in [6.45, 7) is 9.90. The minimum Gasteiger partial charge on any atom is -0.490 e. The van der Waals surface area contributed by atoms with E-state index in [1.165, 1.54) is 11.1 Å². The zero-order chi connectivity index (χ0) is 36.0. The van der Waals surface area contributed by atoms with Crippen molar-refractivity contribution in [2.45, 2.75) is 76.4 Å². The van der Waals surface area contributed by atoms with Gasteiger partial charge in [0.2, 0.25) is 0 Å². The fourth-order valence-electron chi connectivity index (χ4n) is 8.74. The second-order valence-corrected chi connectivity index (χ2v) is 18.1. The molecule has 1 N–H and O–H groups in total. The second-order valence-electron chi connectivity index (χ2n) is 15.7. The molecule has 2 bridgehead atoms. The number of nitrogens with one attached hydrogen (secondary N) is 1. The van der Waals surface area contributed by atoms with E-state index in [4.69, 9.17) is 25.8 Å². The third-order valence-corrected chi connectivity index (χ3v) is 14.0. The monoisotopic (exact) mass is 738 g/mol. The Balaban J connectivity index is 1.26. The number of nitrogens with zero attached hydrogens (tertiary/aromatic N) is 3. The van der Waals surface area contributed by atoms with Crippen LogP contribution >= 0.6 is 11.6 Å². The number of halogens is 1. The van der Waals surface area contributed by atoms with E-state index in [2.05, 4.69) is 52.1 Å². The van der Waals surface area contributed by atoms with E-state index in [9.17, 15) is 13.8 Å². The van der Waals surface area contributed by atoms with Gasteiger partial charge in [-0.1, -0.05) is 50.6 Å². The maximum absolute atomic E-state index is 14.5. The van der Waals surface area contributed by atoms with E-state index in [-0.39, 0.29) is 40.6 Å². The number of ether oxygens (including phenoxy) is 3. The van der Waals surface area contributed by atoms with Crippen LogP contribution in [0.2, 0.25) is 5.02 Å². The summed E-state index contributed by atoms with van der Waals surface area (Å²) in [7, 11) is -1.75. The zero-order valence-corrected chi connectivity index (χ0v) is 31.8. The lowest BCUT2D eigenvalue weighted by Crippen LogP contribution is -2.65. The lowest BCUT2D eigenvalue weighted by molar-refractivity contribution is -0.0905. The molecule has 0 saturated carbocycles. The largest absolute Gasteiger partial charge is 0.490 e. The van der Waals surface area contributed by atoms with Gasteiger partial charge in [-0.15, -0.1) is 4.36 Å². The summed E-state index contributed by atoms with van der Waals surface area (Å²) in [5, 5.41) is 0.737. The molecular formula is C39H51ClN4O6S. The molecule has 0 aromatic heterocycles. The van der Waals surface area contributed by atoms with E-state index >= 15 is 0 Å². The summed E-state index contributed by atoms with van der Waals surface area (Å²) in [5.41, 5.74) is 3.05. The normalized spacial score (nSPS) is 32.7. The van der Waals surface area contributed by atoms with Gasteiger partial charge in [0, 0.05) is 42.8 Å². The Morgan fingerprint density at radius 3 is 2.69 bits per heavy atom. The number of likely N-dealkylation sites (tertiary alicyclic amines) is 1. The van der Waals surface area contributed by atoms with Gasteiger partial charge >= 0.3 is 6.03 Å². The molecule has 2 saturated heterocycles. The van der Waals surface area contributed by atoms with Gasteiger partial charge in [0.25, 0.3) is 5.91 Å². The van der Waals surface area contributed by atoms with Gasteiger partial charge in [-0.25, -0.2) is 9.00 Å². The highest BCUT2D eigenvalue weighted by molar-refractivity contribution is 7.92. The van der Waals surface area contributed by atoms with Crippen LogP contribution in [0.4, 0.5) is 10.5 Å². The number of hydrogen-bond acceptors (Lipinski definition) is 7. The first-order valence-electron chi connectivity index (χ1n) is 18.4. The third-order valence-electron chi connectivity index (χ3n) is 11.8. The highest BCUT2D eigenvalue weighted by Gasteiger charge is 2.49. The van der Waals surface area contributed by atoms with Crippen molar-refractivity contribution in [2.75, 3.05) is 57.2 Å². The van der Waals surface area contributed by atoms with Crippen LogP contribution in [0.25, 0.3) is 0 Å². The topological polar surface area (TPSA) is 110 Å². The number of amides is 3. The summed E-state index contributed by atoms with van der Waals surface area (Å²) in [4.78, 5) is 31.4. The molecule has 0 unspecified atom stereocenters. The number of fused-ring (bicyclic) bond motifs is 3. The maximum atomic E-state index is 14.5. The second kappa shape index (κ2) is 14.4. The Morgan fingerprint density at radius 1 is 1.10 bits per heavy atom. The van der Waals surface area contributed by atoms with Crippen molar-refractivity contribution < 1.29 is 28.0 Å². The number of hydrogen-bond donors (Lipinski definition) is 1. The van der Waals surface area contributed by atoms with Crippen molar-refractivity contribution in [2.24, 2.45) is 22.1 Å². The van der Waals surface area contributed by atoms with Gasteiger partial charge in [0.05, 0.1) is 37.2 Å². The SMILES string of the molecule is CO[C@H]1/C=C/C[C@H](C)C[S@@](=O)(NC(=O)N2CC3(CCCO3)C2)=NC(=O)c2ccc3c(c2)N(C[C@H](C)[C@H]1C)C[C@@]1(CCCc2cc(Cl)ccc21)CO3. The van der Waals surface area contributed by atoms with Gasteiger partial charge in [0.15, 0.2) is 0 Å². The van der Waals surface area contributed by atoms with Crippen LogP contribution in [0.5, 0.6) is 5.75 Å². The zero-order valence-electron chi connectivity index (χ0n) is 30.2. The van der Waals surface area contributed by atoms with Crippen LogP contribution < -0.4 is 14.4 Å². The molecule has 10 nitrogen and oxygen atoms in total. The highest BCUT2D eigenvalue weighted by Crippen LogP contribution is 2.45. The van der Waals surface area contributed by atoms with E-state index < -0.39 is 21.9 Å². The lowest BCUT2D eigenvalue weighted by atomic mass is 9.70. The van der Waals surface area contributed by atoms with Gasteiger partial charge < -0.3 is 24.0 Å². The molecule has 2 aromatic carbocycles. The first-order valence-corrected chi connectivity index (χ1v) is 20.5. The molecule has 1 aliphatic carbocycles. The first kappa shape index (κ1) is 36.2. The molecule has 51 heavy (non-hydrogen) atoms. The molecular weight excluding hydrogens is 688 g/mol. The van der Waals surface area contributed by atoms with Crippen LogP contribution in [0.1, 0.15) is 74.4 Å². The predicted octanol–water partition coefficient (Wildman–Crippen LogP) is 6.79. The van der Waals surface area contributed by atoms with E-state index in [0.29, 0.717) is 57.1 Å². The van der Waals surface area contributed by atoms with Gasteiger partial charge in [-0.3, -0.25) is 9.52 Å². The number of carbonyl (C=O) groups is 2. The van der Waals surface area contributed by atoms with Crippen molar-refractivity contribution in [3.05, 3.63) is 70.3 Å². The Labute approximate surface area is 307 Å². The third kappa shape index (κ3) is 7.41. The van der Waals surface area contributed by atoms with Crippen molar-refractivity contribution >= 4 is 39.1 Å². The number of benzene rings is 2. The number of methoxy groups -OCH3 is 1. The highest BCUT2D eigenvalue weighted by atomic mass is 35.5. The molecule has 2 spiro atoms. The Morgan fingerprint density at radius 2 is 1.92 bits per heavy atom. The van der Waals surface area contributed by atoms with Crippen molar-refractivity contribution in [3.63, 3.8) is 0 Å². The summed E-state index contributed by atoms with van der Waals surface area (Å²) in [5.74, 6) is 0.341. The number of urea groups is 1. The number of aryl methyl sites for hydroxylation is 1. The molecule has 6 atom stereocenters. The molecule has 0 radical (unpaired) electrons. The standard InChI is InChI=1S/C39H51ClN4O6S/c1-26-8-5-10-34(48-4)28(3)27(2)20-43-22-38(15-6-9-29-18-31(40)12-13-32(29)38)25-49-35-14-11-30(19-33(35)43)36(45)41-51(47,21-26)42-37(46)44-23-39(24-44)16-7-17-50-39/h5,10-14,18-19,26-28,34H,6-9,15-17,20-25H2,1-4H3,(H,41,42,45,46,47)/b10-5+/t26-,27-,28+,34-,38-,51-/m0/s1. The van der Waals surface area contributed by atoms with E-state index in [1.807, 2.05) is 25.1 Å². The lowest BCUT2D eigenvalue weighted by Gasteiger charge is -2.46. The van der Waals surface area contributed by atoms with Crippen LogP contribution in [-0.4, -0.2) is 85.0 Å². The fraction of sp³-hybridized carbons (Fsp3) is 0.590. The molecule has 276 valence electrons. The van der Waals surface area contributed by atoms with Crippen molar-refractivity contribution in [3.8, 4) is 5.75 Å². The minimum absolute atomic E-state index is 0.0278. The summed E-state index contributed by atoms with van der Waals surface area (Å²) >= 11 is 6.45. The summed E-state index contributed by atoms with van der Waals surface area (Å²) in [6, 6.07) is 11.1. The Kier molecular flexibility index (Phi) is 10.2. The molecule has 7 rings (SSSR count). The van der Waals surface area contributed by atoms with Crippen LogP contribution in [0.3, 0.4) is 0 Å².